The Morgan fingerprint density at radius 1 is 1.29 bits per heavy atom. The molecule has 0 aliphatic carbocycles. The lowest BCUT2D eigenvalue weighted by Gasteiger charge is -2.34. The summed E-state index contributed by atoms with van der Waals surface area (Å²) >= 11 is 0. The Morgan fingerprint density at radius 2 is 1.94 bits per heavy atom. The van der Waals surface area contributed by atoms with Crippen molar-refractivity contribution in [3.63, 3.8) is 0 Å². The summed E-state index contributed by atoms with van der Waals surface area (Å²) in [5, 5.41) is 6.54. The molecule has 0 bridgehead atoms. The first-order valence-corrected chi connectivity index (χ1v) is 12.1. The summed E-state index contributed by atoms with van der Waals surface area (Å²) in [5.41, 5.74) is -0.635. The first-order valence-electron chi connectivity index (χ1n) is 10.2. The van der Waals surface area contributed by atoms with Crippen molar-refractivity contribution in [2.45, 2.75) is 51.7 Å². The van der Waals surface area contributed by atoms with Crippen molar-refractivity contribution < 1.29 is 17.2 Å². The number of piperidine rings is 1. The minimum absolute atomic E-state index is 0. The van der Waals surface area contributed by atoms with Crippen molar-refractivity contribution >= 4 is 40.0 Å². The van der Waals surface area contributed by atoms with E-state index in [9.17, 15) is 17.2 Å². The molecule has 1 aliphatic heterocycles. The molecule has 0 radical (unpaired) electrons. The van der Waals surface area contributed by atoms with Crippen LogP contribution >= 0.6 is 24.0 Å². The first kappa shape index (κ1) is 28.0. The summed E-state index contributed by atoms with van der Waals surface area (Å²) in [4.78, 5) is 6.56. The highest BCUT2D eigenvalue weighted by Gasteiger charge is 2.24. The summed E-state index contributed by atoms with van der Waals surface area (Å²) in [7, 11) is -3.34. The maximum atomic E-state index is 14.0. The SMILES string of the molecule is CCNC(=NCC(C)(C)NS(C)(=O)=O)NC1CCCN(Cc2c(F)cccc2F)C1.I. The van der Waals surface area contributed by atoms with Gasteiger partial charge < -0.3 is 10.6 Å². The van der Waals surface area contributed by atoms with Gasteiger partial charge in [-0.2, -0.15) is 0 Å². The van der Waals surface area contributed by atoms with E-state index in [2.05, 4.69) is 20.3 Å². The van der Waals surface area contributed by atoms with E-state index in [1.54, 1.807) is 13.8 Å². The van der Waals surface area contributed by atoms with Gasteiger partial charge in [0, 0.05) is 36.8 Å². The molecule has 1 aromatic carbocycles. The molecule has 178 valence electrons. The number of likely N-dealkylation sites (tertiary alicyclic amines) is 1. The van der Waals surface area contributed by atoms with Gasteiger partial charge in [0.2, 0.25) is 10.0 Å². The Hall–Kier alpha value is -1.05. The Balaban J connectivity index is 0.00000480. The smallest absolute Gasteiger partial charge is 0.209 e. The van der Waals surface area contributed by atoms with Gasteiger partial charge in [0.15, 0.2) is 5.96 Å². The molecule has 11 heteroatoms. The van der Waals surface area contributed by atoms with Crippen molar-refractivity contribution in [1.82, 2.24) is 20.3 Å². The third-order valence-electron chi connectivity index (χ3n) is 4.73. The molecular formula is C20H34F2IN5O2S. The van der Waals surface area contributed by atoms with Crippen LogP contribution in [0.5, 0.6) is 0 Å². The highest BCUT2D eigenvalue weighted by atomic mass is 127. The molecule has 1 aromatic rings. The highest BCUT2D eigenvalue weighted by Crippen LogP contribution is 2.18. The molecule has 1 unspecified atom stereocenters. The standard InChI is InChI=1S/C20H33F2N5O2S.HI/c1-5-23-19(24-14-20(2,3)26-30(4,28)29)25-15-8-7-11-27(12-15)13-16-17(21)9-6-10-18(16)22;/h6,9-10,15,26H,5,7-8,11-14H2,1-4H3,(H2,23,24,25);1H. The largest absolute Gasteiger partial charge is 0.357 e. The molecular weight excluding hydrogens is 539 g/mol. The predicted octanol–water partition coefficient (Wildman–Crippen LogP) is 2.43. The minimum atomic E-state index is -3.34. The second kappa shape index (κ2) is 12.3. The molecule has 0 aromatic heterocycles. The molecule has 3 N–H and O–H groups in total. The summed E-state index contributed by atoms with van der Waals surface area (Å²) in [6.45, 7) is 8.02. The second-order valence-electron chi connectivity index (χ2n) is 8.37. The molecule has 1 atom stereocenters. The zero-order valence-corrected chi connectivity index (χ0v) is 21.7. The second-order valence-corrected chi connectivity index (χ2v) is 10.1. The number of aliphatic imine (C=N–C) groups is 1. The first-order chi connectivity index (χ1) is 14.0. The Labute approximate surface area is 201 Å². The predicted molar refractivity (Wildman–Crippen MR) is 131 cm³/mol. The molecule has 7 nitrogen and oxygen atoms in total. The number of benzene rings is 1. The van der Waals surface area contributed by atoms with Gasteiger partial charge in [-0.3, -0.25) is 9.89 Å². The summed E-state index contributed by atoms with van der Waals surface area (Å²) in [5.74, 6) is -0.467. The Bertz CT molecular complexity index is 832. The average Bonchev–Trinajstić information content (AvgIpc) is 2.62. The van der Waals surface area contributed by atoms with Crippen LogP contribution < -0.4 is 15.4 Å². The molecule has 1 heterocycles. The van der Waals surface area contributed by atoms with Crippen LogP contribution in [0.4, 0.5) is 8.78 Å². The third-order valence-corrected chi connectivity index (χ3v) is 5.65. The summed E-state index contributed by atoms with van der Waals surface area (Å²) in [6, 6.07) is 3.99. The van der Waals surface area contributed by atoms with Gasteiger partial charge in [-0.25, -0.2) is 21.9 Å². The number of nitrogens with zero attached hydrogens (tertiary/aromatic N) is 2. The molecule has 1 aliphatic rings. The lowest BCUT2D eigenvalue weighted by Crippen LogP contribution is -2.52. The van der Waals surface area contributed by atoms with Crippen LogP contribution in [0.15, 0.2) is 23.2 Å². The van der Waals surface area contributed by atoms with E-state index in [4.69, 9.17) is 0 Å². The number of sulfonamides is 1. The van der Waals surface area contributed by atoms with Gasteiger partial charge in [0.1, 0.15) is 11.6 Å². The number of halogens is 3. The normalized spacial score (nSPS) is 18.4. The maximum absolute atomic E-state index is 14.0. The topological polar surface area (TPSA) is 85.8 Å². The van der Waals surface area contributed by atoms with Crippen LogP contribution in [0.3, 0.4) is 0 Å². The van der Waals surface area contributed by atoms with E-state index in [1.807, 2.05) is 11.8 Å². The van der Waals surface area contributed by atoms with E-state index in [1.165, 1.54) is 18.2 Å². The zero-order chi connectivity index (χ0) is 22.4. The van der Waals surface area contributed by atoms with Crippen LogP contribution in [0.2, 0.25) is 0 Å². The van der Waals surface area contributed by atoms with Crippen LogP contribution in [0.25, 0.3) is 0 Å². The quantitative estimate of drug-likeness (QED) is 0.253. The van der Waals surface area contributed by atoms with Gasteiger partial charge in [-0.05, 0) is 52.3 Å². The molecule has 2 rings (SSSR count). The van der Waals surface area contributed by atoms with Crippen molar-refractivity contribution in [3.05, 3.63) is 35.4 Å². The zero-order valence-electron chi connectivity index (χ0n) is 18.5. The number of hydrogen-bond acceptors (Lipinski definition) is 4. The summed E-state index contributed by atoms with van der Waals surface area (Å²) in [6.07, 6.45) is 2.93. The number of nitrogens with one attached hydrogen (secondary N) is 3. The van der Waals surface area contributed by atoms with E-state index >= 15 is 0 Å². The maximum Gasteiger partial charge on any atom is 0.209 e. The van der Waals surface area contributed by atoms with Gasteiger partial charge in [0.05, 0.1) is 12.8 Å². The van der Waals surface area contributed by atoms with Crippen LogP contribution in [0, 0.1) is 11.6 Å². The molecule has 0 amide bonds. The van der Waals surface area contributed by atoms with Gasteiger partial charge in [0.25, 0.3) is 0 Å². The lowest BCUT2D eigenvalue weighted by atomic mass is 10.0. The van der Waals surface area contributed by atoms with Crippen LogP contribution in [0.1, 0.15) is 39.2 Å². The van der Waals surface area contributed by atoms with E-state index in [-0.39, 0.29) is 48.7 Å². The van der Waals surface area contributed by atoms with Crippen LogP contribution in [-0.4, -0.2) is 63.3 Å². The Morgan fingerprint density at radius 3 is 2.52 bits per heavy atom. The van der Waals surface area contributed by atoms with Gasteiger partial charge in [-0.1, -0.05) is 6.07 Å². The molecule has 1 fully saturated rings. The van der Waals surface area contributed by atoms with Crippen molar-refractivity contribution in [1.29, 1.82) is 0 Å². The van der Waals surface area contributed by atoms with Gasteiger partial charge in [-0.15, -0.1) is 24.0 Å². The molecule has 0 saturated carbocycles. The Kier molecular flexibility index (Phi) is 11.1. The third kappa shape index (κ3) is 9.96. The van der Waals surface area contributed by atoms with Crippen LogP contribution in [-0.2, 0) is 16.6 Å². The van der Waals surface area contributed by atoms with Gasteiger partial charge >= 0.3 is 0 Å². The lowest BCUT2D eigenvalue weighted by molar-refractivity contribution is 0.188. The molecule has 0 spiro atoms. The summed E-state index contributed by atoms with van der Waals surface area (Å²) < 4.78 is 53.6. The average molecular weight is 573 g/mol. The molecule has 1 saturated heterocycles. The van der Waals surface area contributed by atoms with E-state index < -0.39 is 27.2 Å². The molecule has 31 heavy (non-hydrogen) atoms. The van der Waals surface area contributed by atoms with Crippen molar-refractivity contribution in [2.75, 3.05) is 32.4 Å². The fourth-order valence-corrected chi connectivity index (χ4v) is 4.62. The fourth-order valence-electron chi connectivity index (χ4n) is 3.55. The minimum Gasteiger partial charge on any atom is -0.357 e. The fraction of sp³-hybridized carbons (Fsp3) is 0.650. The van der Waals surface area contributed by atoms with E-state index in [0.717, 1.165) is 25.6 Å². The monoisotopic (exact) mass is 573 g/mol. The van der Waals surface area contributed by atoms with Crippen molar-refractivity contribution in [2.24, 2.45) is 4.99 Å². The number of guanidine groups is 1. The highest BCUT2D eigenvalue weighted by molar-refractivity contribution is 14.0. The number of rotatable bonds is 8. The van der Waals surface area contributed by atoms with E-state index in [0.29, 0.717) is 19.0 Å². The van der Waals surface area contributed by atoms with Crippen molar-refractivity contribution in [3.8, 4) is 0 Å². The number of hydrogen-bond donors (Lipinski definition) is 3.